The fourth-order valence-corrected chi connectivity index (χ4v) is 2.47. The van der Waals surface area contributed by atoms with Crippen molar-refractivity contribution in [2.45, 2.75) is 0 Å². The molecule has 0 aliphatic rings. The Morgan fingerprint density at radius 1 is 0.952 bits per heavy atom. The zero-order valence-corrected chi connectivity index (χ0v) is 10.6. The number of nitrogens with zero attached hydrogens (tertiary/aromatic N) is 2. The SMILES string of the molecule is N#Cc1c(C#N)c(C=O)c2c(oc3ccccc32)c1C=O. The Kier molecular flexibility index (Phi) is 2.75. The fraction of sp³-hybridized carbons (Fsp3) is 0. The molecule has 5 nitrogen and oxygen atoms in total. The number of carbonyl (C=O) groups excluding carboxylic acids is 2. The molecule has 0 aliphatic heterocycles. The number of carbonyl (C=O) groups is 2. The molecule has 98 valence electrons. The van der Waals surface area contributed by atoms with Crippen molar-refractivity contribution in [1.29, 1.82) is 10.5 Å². The van der Waals surface area contributed by atoms with Crippen LogP contribution in [0.15, 0.2) is 28.7 Å². The maximum atomic E-state index is 11.4. The third kappa shape index (κ3) is 1.55. The van der Waals surface area contributed by atoms with Crippen molar-refractivity contribution in [3.8, 4) is 12.1 Å². The molecule has 0 saturated heterocycles. The summed E-state index contributed by atoms with van der Waals surface area (Å²) in [6, 6.07) is 10.6. The van der Waals surface area contributed by atoms with Crippen molar-refractivity contribution < 1.29 is 14.0 Å². The smallest absolute Gasteiger partial charge is 0.155 e. The number of aldehydes is 2. The van der Waals surface area contributed by atoms with Crippen LogP contribution in [0.25, 0.3) is 21.9 Å². The van der Waals surface area contributed by atoms with Gasteiger partial charge in [-0.25, -0.2) is 0 Å². The van der Waals surface area contributed by atoms with Crippen molar-refractivity contribution in [1.82, 2.24) is 0 Å². The lowest BCUT2D eigenvalue weighted by Gasteiger charge is -2.04. The lowest BCUT2D eigenvalue weighted by molar-refractivity contribution is 0.111. The second-order valence-corrected chi connectivity index (χ2v) is 4.34. The fourth-order valence-electron chi connectivity index (χ4n) is 2.47. The van der Waals surface area contributed by atoms with E-state index >= 15 is 0 Å². The van der Waals surface area contributed by atoms with E-state index in [-0.39, 0.29) is 27.8 Å². The zero-order chi connectivity index (χ0) is 15.0. The van der Waals surface area contributed by atoms with E-state index in [0.717, 1.165) is 0 Å². The topological polar surface area (TPSA) is 94.9 Å². The van der Waals surface area contributed by atoms with Crippen LogP contribution in [0.1, 0.15) is 31.8 Å². The number of benzene rings is 2. The number of nitriles is 2. The Bertz CT molecular complexity index is 1000. The molecule has 0 N–H and O–H groups in total. The number of furan rings is 1. The van der Waals surface area contributed by atoms with Crippen LogP contribution in [0.4, 0.5) is 0 Å². The molecule has 0 fully saturated rings. The molecule has 1 aromatic heterocycles. The maximum absolute atomic E-state index is 11.4. The number of rotatable bonds is 2. The first-order valence-electron chi connectivity index (χ1n) is 5.98. The summed E-state index contributed by atoms with van der Waals surface area (Å²) in [5, 5.41) is 19.5. The van der Waals surface area contributed by atoms with Crippen LogP contribution in [0.5, 0.6) is 0 Å². The van der Waals surface area contributed by atoms with Gasteiger partial charge in [0.1, 0.15) is 23.3 Å². The Morgan fingerprint density at radius 3 is 2.19 bits per heavy atom. The highest BCUT2D eigenvalue weighted by Gasteiger charge is 2.23. The van der Waals surface area contributed by atoms with Crippen LogP contribution in [0.2, 0.25) is 0 Å². The largest absolute Gasteiger partial charge is 0.455 e. The number of hydrogen-bond donors (Lipinski definition) is 0. The molecule has 21 heavy (non-hydrogen) atoms. The highest BCUT2D eigenvalue weighted by Crippen LogP contribution is 2.36. The van der Waals surface area contributed by atoms with Crippen LogP contribution < -0.4 is 0 Å². The van der Waals surface area contributed by atoms with Crippen LogP contribution >= 0.6 is 0 Å². The standard InChI is InChI=1S/C16H6N2O3/c17-5-10-11(6-18)13(8-20)16-15(12(10)7-19)9-3-1-2-4-14(9)21-16/h1-4,7-8H. The van der Waals surface area contributed by atoms with Gasteiger partial charge in [0.2, 0.25) is 0 Å². The summed E-state index contributed by atoms with van der Waals surface area (Å²) in [4.78, 5) is 22.8. The highest BCUT2D eigenvalue weighted by atomic mass is 16.3. The van der Waals surface area contributed by atoms with Gasteiger partial charge < -0.3 is 4.42 Å². The van der Waals surface area contributed by atoms with Gasteiger partial charge in [0, 0.05) is 16.3 Å². The van der Waals surface area contributed by atoms with Gasteiger partial charge in [-0.1, -0.05) is 18.2 Å². The van der Waals surface area contributed by atoms with Crippen LogP contribution in [0, 0.1) is 22.7 Å². The highest BCUT2D eigenvalue weighted by molar-refractivity contribution is 6.18. The minimum Gasteiger partial charge on any atom is -0.455 e. The monoisotopic (exact) mass is 274 g/mol. The first-order chi connectivity index (χ1) is 10.3. The third-order valence-electron chi connectivity index (χ3n) is 3.36. The predicted octanol–water partition coefficient (Wildman–Crippen LogP) is 2.95. The molecular formula is C16H6N2O3. The van der Waals surface area contributed by atoms with Crippen LogP contribution in [-0.2, 0) is 0 Å². The Morgan fingerprint density at radius 2 is 1.57 bits per heavy atom. The summed E-state index contributed by atoms with van der Waals surface area (Å²) in [5.74, 6) is 0. The van der Waals surface area contributed by atoms with E-state index in [1.165, 1.54) is 0 Å². The Labute approximate surface area is 118 Å². The van der Waals surface area contributed by atoms with E-state index in [2.05, 4.69) is 0 Å². The van der Waals surface area contributed by atoms with Crippen molar-refractivity contribution in [2.75, 3.05) is 0 Å². The van der Waals surface area contributed by atoms with Gasteiger partial charge in [-0.15, -0.1) is 0 Å². The molecule has 0 atom stereocenters. The van der Waals surface area contributed by atoms with Gasteiger partial charge in [0.25, 0.3) is 0 Å². The average molecular weight is 274 g/mol. The Balaban J connectivity index is 2.74. The quantitative estimate of drug-likeness (QED) is 0.669. The first-order valence-corrected chi connectivity index (χ1v) is 5.98. The summed E-state index contributed by atoms with van der Waals surface area (Å²) in [5.41, 5.74) is 0.460. The van der Waals surface area contributed by atoms with E-state index in [0.29, 0.717) is 28.9 Å². The maximum Gasteiger partial charge on any atom is 0.155 e. The van der Waals surface area contributed by atoms with Crippen molar-refractivity contribution in [3.63, 3.8) is 0 Å². The van der Waals surface area contributed by atoms with Gasteiger partial charge >= 0.3 is 0 Å². The molecule has 0 unspecified atom stereocenters. The van der Waals surface area contributed by atoms with Gasteiger partial charge in [-0.2, -0.15) is 10.5 Å². The minimum absolute atomic E-state index is 0.00847. The number of fused-ring (bicyclic) bond motifs is 3. The second kappa shape index (κ2) is 4.59. The van der Waals surface area contributed by atoms with E-state index in [1.807, 2.05) is 6.07 Å². The molecule has 0 radical (unpaired) electrons. The Hall–Kier alpha value is -3.44. The minimum atomic E-state index is -0.138. The molecular weight excluding hydrogens is 268 g/mol. The average Bonchev–Trinajstić information content (AvgIpc) is 2.91. The summed E-state index contributed by atoms with van der Waals surface area (Å²) in [6.45, 7) is 0. The molecule has 0 aliphatic carbocycles. The molecule has 2 aromatic carbocycles. The number of para-hydroxylation sites is 1. The normalized spacial score (nSPS) is 10.2. The zero-order valence-electron chi connectivity index (χ0n) is 10.6. The van der Waals surface area contributed by atoms with E-state index in [1.54, 1.807) is 30.3 Å². The van der Waals surface area contributed by atoms with Crippen LogP contribution in [0.3, 0.4) is 0 Å². The molecule has 0 amide bonds. The molecule has 3 aromatic rings. The van der Waals surface area contributed by atoms with Gasteiger partial charge in [0.05, 0.1) is 16.7 Å². The molecule has 1 heterocycles. The van der Waals surface area contributed by atoms with Gasteiger partial charge in [-0.3, -0.25) is 9.59 Å². The lowest BCUT2D eigenvalue weighted by Crippen LogP contribution is -1.99. The summed E-state index contributed by atoms with van der Waals surface area (Å²) < 4.78 is 5.61. The molecule has 0 spiro atoms. The first kappa shape index (κ1) is 12.6. The van der Waals surface area contributed by atoms with Gasteiger partial charge in [0.15, 0.2) is 12.6 Å². The van der Waals surface area contributed by atoms with Gasteiger partial charge in [-0.05, 0) is 6.07 Å². The van der Waals surface area contributed by atoms with Crippen molar-refractivity contribution in [3.05, 3.63) is 46.5 Å². The van der Waals surface area contributed by atoms with E-state index < -0.39 is 0 Å². The molecule has 3 rings (SSSR count). The summed E-state index contributed by atoms with van der Waals surface area (Å²) >= 11 is 0. The van der Waals surface area contributed by atoms with Crippen molar-refractivity contribution in [2.24, 2.45) is 0 Å². The third-order valence-corrected chi connectivity index (χ3v) is 3.36. The summed E-state index contributed by atoms with van der Waals surface area (Å²) in [6.07, 6.45) is 0.983. The second-order valence-electron chi connectivity index (χ2n) is 4.34. The van der Waals surface area contributed by atoms with E-state index in [4.69, 9.17) is 4.42 Å². The molecule has 5 heteroatoms. The predicted molar refractivity (Wildman–Crippen MR) is 73.9 cm³/mol. The summed E-state index contributed by atoms with van der Waals surface area (Å²) in [7, 11) is 0. The lowest BCUT2D eigenvalue weighted by atomic mass is 9.93. The molecule has 0 saturated carbocycles. The van der Waals surface area contributed by atoms with Crippen molar-refractivity contribution >= 4 is 34.5 Å². The van der Waals surface area contributed by atoms with Crippen LogP contribution in [-0.4, -0.2) is 12.6 Å². The van der Waals surface area contributed by atoms with E-state index in [9.17, 15) is 20.1 Å². The molecule has 0 bridgehead atoms. The number of hydrogen-bond acceptors (Lipinski definition) is 5.